The molecule has 1 aromatic heterocycles. The molecule has 1 aromatic carbocycles. The first-order valence-electron chi connectivity index (χ1n) is 3.91. The second kappa shape index (κ2) is 4.54. The SMILES string of the molecule is O=S(=O)(O)c1ccc2ccccc2n1.[PbH2]. The van der Waals surface area contributed by atoms with E-state index >= 15 is 0 Å². The summed E-state index contributed by atoms with van der Waals surface area (Å²) in [7, 11) is -4.21. The molecule has 0 aliphatic rings. The van der Waals surface area contributed by atoms with Crippen LogP contribution in [0.3, 0.4) is 0 Å². The van der Waals surface area contributed by atoms with Gasteiger partial charge in [0.2, 0.25) is 0 Å². The minimum atomic E-state index is -4.21. The maximum absolute atomic E-state index is 10.8. The van der Waals surface area contributed by atoms with E-state index in [1.807, 2.05) is 12.1 Å². The standard InChI is InChI=1S/C9H7NO3S.Pb.2H/c11-14(12,13)9-6-5-7-3-1-2-4-8(7)10-9;;;/h1-6H,(H,11,12,13);;;. The van der Waals surface area contributed by atoms with Gasteiger partial charge in [-0.1, -0.05) is 18.2 Å². The molecular formula is C9H9NO3PbS. The van der Waals surface area contributed by atoms with Crippen molar-refractivity contribution in [2.75, 3.05) is 0 Å². The van der Waals surface area contributed by atoms with Crippen molar-refractivity contribution < 1.29 is 13.0 Å². The molecule has 78 valence electrons. The number of rotatable bonds is 1. The van der Waals surface area contributed by atoms with E-state index in [1.54, 1.807) is 18.2 Å². The number of aromatic nitrogens is 1. The molecule has 0 amide bonds. The monoisotopic (exact) mass is 419 g/mol. The molecular weight excluding hydrogens is 409 g/mol. The normalized spacial score (nSPS) is 11.0. The number of hydrogen-bond donors (Lipinski definition) is 1. The molecule has 0 unspecified atom stereocenters. The molecule has 0 aliphatic heterocycles. The van der Waals surface area contributed by atoms with Gasteiger partial charge in [0.15, 0.2) is 5.03 Å². The molecule has 1 heterocycles. The molecule has 2 aromatic rings. The Bertz CT molecular complexity index is 583. The van der Waals surface area contributed by atoms with Crippen molar-refractivity contribution in [3.8, 4) is 0 Å². The molecule has 1 N–H and O–H groups in total. The van der Waals surface area contributed by atoms with Gasteiger partial charge in [0.1, 0.15) is 0 Å². The van der Waals surface area contributed by atoms with E-state index in [2.05, 4.69) is 4.98 Å². The van der Waals surface area contributed by atoms with E-state index in [0.29, 0.717) is 5.52 Å². The van der Waals surface area contributed by atoms with E-state index < -0.39 is 10.1 Å². The van der Waals surface area contributed by atoms with Crippen molar-refractivity contribution >= 4 is 48.3 Å². The Kier molecular flexibility index (Phi) is 3.79. The Morgan fingerprint density at radius 3 is 2.40 bits per heavy atom. The first kappa shape index (κ1) is 12.5. The van der Waals surface area contributed by atoms with Gasteiger partial charge in [0.05, 0.1) is 5.52 Å². The summed E-state index contributed by atoms with van der Waals surface area (Å²) in [5.74, 6) is 0. The fraction of sp³-hybridized carbons (Fsp3) is 0. The molecule has 0 bridgehead atoms. The Labute approximate surface area is 107 Å². The van der Waals surface area contributed by atoms with Gasteiger partial charge in [-0.25, -0.2) is 4.98 Å². The third-order valence-electron chi connectivity index (χ3n) is 1.84. The van der Waals surface area contributed by atoms with Gasteiger partial charge < -0.3 is 0 Å². The molecule has 0 fully saturated rings. The molecule has 2 radical (unpaired) electrons. The molecule has 15 heavy (non-hydrogen) atoms. The van der Waals surface area contributed by atoms with Crippen molar-refractivity contribution in [2.24, 2.45) is 0 Å². The average Bonchev–Trinajstić information content (AvgIpc) is 2.16. The zero-order chi connectivity index (χ0) is 10.2. The molecule has 4 nitrogen and oxygen atoms in total. The predicted octanol–water partition coefficient (Wildman–Crippen LogP) is 0.565. The number of nitrogens with zero attached hydrogens (tertiary/aromatic N) is 1. The number of benzene rings is 1. The van der Waals surface area contributed by atoms with Crippen LogP contribution in [0.2, 0.25) is 0 Å². The summed E-state index contributed by atoms with van der Waals surface area (Å²) in [4.78, 5) is 3.81. The zero-order valence-corrected chi connectivity index (χ0v) is 14.1. The molecule has 0 saturated carbocycles. The topological polar surface area (TPSA) is 67.3 Å². The minimum absolute atomic E-state index is 0. The number of para-hydroxylation sites is 1. The summed E-state index contributed by atoms with van der Waals surface area (Å²) in [6.45, 7) is 0. The molecule has 0 aliphatic carbocycles. The second-order valence-corrected chi connectivity index (χ2v) is 4.19. The molecule has 2 rings (SSSR count). The van der Waals surface area contributed by atoms with Crippen molar-refractivity contribution in [3.63, 3.8) is 0 Å². The van der Waals surface area contributed by atoms with Gasteiger partial charge >= 0.3 is 37.4 Å². The van der Waals surface area contributed by atoms with E-state index in [9.17, 15) is 8.42 Å². The van der Waals surface area contributed by atoms with E-state index in [0.717, 1.165) is 5.39 Å². The van der Waals surface area contributed by atoms with Crippen LogP contribution < -0.4 is 0 Å². The van der Waals surface area contributed by atoms with Crippen LogP contribution in [0.4, 0.5) is 0 Å². The van der Waals surface area contributed by atoms with Crippen LogP contribution in [0, 0.1) is 0 Å². The van der Waals surface area contributed by atoms with Crippen LogP contribution in [0.5, 0.6) is 0 Å². The molecule has 0 atom stereocenters. The number of pyridine rings is 1. The number of hydrogen-bond acceptors (Lipinski definition) is 3. The van der Waals surface area contributed by atoms with Gasteiger partial charge in [-0.05, 0) is 18.2 Å². The van der Waals surface area contributed by atoms with Gasteiger partial charge in [-0.3, -0.25) is 4.55 Å². The van der Waals surface area contributed by atoms with Crippen LogP contribution in [-0.2, 0) is 10.1 Å². The van der Waals surface area contributed by atoms with E-state index in [4.69, 9.17) is 4.55 Å². The summed E-state index contributed by atoms with van der Waals surface area (Å²) in [5.41, 5.74) is 0.544. The van der Waals surface area contributed by atoms with Crippen molar-refractivity contribution in [1.82, 2.24) is 4.98 Å². The van der Waals surface area contributed by atoms with Crippen molar-refractivity contribution in [3.05, 3.63) is 36.4 Å². The maximum atomic E-state index is 10.8. The molecule has 6 heteroatoms. The quantitative estimate of drug-likeness (QED) is 0.543. The predicted molar refractivity (Wildman–Crippen MR) is 60.1 cm³/mol. The first-order valence-corrected chi connectivity index (χ1v) is 5.35. The van der Waals surface area contributed by atoms with Crippen molar-refractivity contribution in [1.29, 1.82) is 0 Å². The van der Waals surface area contributed by atoms with Crippen LogP contribution in [0.1, 0.15) is 0 Å². The fourth-order valence-corrected chi connectivity index (χ4v) is 1.64. The summed E-state index contributed by atoms with van der Waals surface area (Å²) >= 11 is 0. The fourth-order valence-electron chi connectivity index (χ4n) is 1.19. The van der Waals surface area contributed by atoms with Crippen LogP contribution in [0.15, 0.2) is 41.4 Å². The van der Waals surface area contributed by atoms with Gasteiger partial charge in [0.25, 0.3) is 0 Å². The van der Waals surface area contributed by atoms with Gasteiger partial charge in [0, 0.05) is 5.39 Å². The third-order valence-corrected chi connectivity index (χ3v) is 2.59. The van der Waals surface area contributed by atoms with E-state index in [1.165, 1.54) is 6.07 Å². The van der Waals surface area contributed by atoms with Crippen LogP contribution in [-0.4, -0.2) is 45.3 Å². The van der Waals surface area contributed by atoms with Crippen LogP contribution in [0.25, 0.3) is 10.9 Å². The molecule has 0 saturated heterocycles. The van der Waals surface area contributed by atoms with Crippen molar-refractivity contribution in [2.45, 2.75) is 5.03 Å². The summed E-state index contributed by atoms with van der Waals surface area (Å²) in [5, 5.41) is 0.510. The van der Waals surface area contributed by atoms with Gasteiger partial charge in [-0.15, -0.1) is 0 Å². The zero-order valence-electron chi connectivity index (χ0n) is 7.79. The van der Waals surface area contributed by atoms with E-state index in [-0.39, 0.29) is 32.3 Å². The summed E-state index contributed by atoms with van der Waals surface area (Å²) in [6, 6.07) is 9.96. The Morgan fingerprint density at radius 2 is 1.73 bits per heavy atom. The first-order chi connectivity index (χ1) is 6.57. The molecule has 0 spiro atoms. The Balaban J connectivity index is 0.00000112. The Morgan fingerprint density at radius 1 is 1.07 bits per heavy atom. The summed E-state index contributed by atoms with van der Waals surface area (Å²) < 4.78 is 30.3. The average molecular weight is 418 g/mol. The summed E-state index contributed by atoms with van der Waals surface area (Å²) in [6.07, 6.45) is 0. The third kappa shape index (κ3) is 2.73. The van der Waals surface area contributed by atoms with Gasteiger partial charge in [-0.2, -0.15) is 8.42 Å². The Hall–Kier alpha value is -0.538. The van der Waals surface area contributed by atoms with Crippen LogP contribution >= 0.6 is 0 Å². The second-order valence-electron chi connectivity index (χ2n) is 2.82. The number of fused-ring (bicyclic) bond motifs is 1.